The number of hydrogen-bond acceptors (Lipinski definition) is 4. The van der Waals surface area contributed by atoms with Crippen molar-refractivity contribution in [2.24, 2.45) is 0 Å². The summed E-state index contributed by atoms with van der Waals surface area (Å²) < 4.78 is 11.0. The maximum absolute atomic E-state index is 12.4. The van der Waals surface area contributed by atoms with Gasteiger partial charge in [-0.15, -0.1) is 0 Å². The van der Waals surface area contributed by atoms with Crippen molar-refractivity contribution in [1.82, 2.24) is 0 Å². The summed E-state index contributed by atoms with van der Waals surface area (Å²) in [6.45, 7) is -0.313. The average molecular weight is 504 g/mol. The van der Waals surface area contributed by atoms with E-state index in [0.29, 0.717) is 32.6 Å². The highest BCUT2D eigenvalue weighted by atomic mass is 35.5. The molecule has 1 aliphatic rings. The number of rotatable bonds is 6. The first-order valence-electron chi connectivity index (χ1n) is 9.73. The van der Waals surface area contributed by atoms with Gasteiger partial charge in [-0.1, -0.05) is 53.0 Å². The van der Waals surface area contributed by atoms with Crippen molar-refractivity contribution in [3.8, 4) is 11.5 Å². The second kappa shape index (κ2) is 9.75. The van der Waals surface area contributed by atoms with Gasteiger partial charge in [-0.05, 0) is 48.0 Å². The SMILES string of the molecule is COc1cc(/C=C2\C(=O)Nc3ccccc32)cc(Cl)c1OCC(=O)Nc1ccc(Cl)c(Cl)c1. The number of amides is 2. The zero-order chi connectivity index (χ0) is 23.5. The maximum atomic E-state index is 12.4. The van der Waals surface area contributed by atoms with E-state index in [4.69, 9.17) is 44.3 Å². The third kappa shape index (κ3) is 5.09. The third-order valence-electron chi connectivity index (χ3n) is 4.82. The summed E-state index contributed by atoms with van der Waals surface area (Å²) >= 11 is 18.3. The Hall–Kier alpha value is -3.19. The standard InChI is InChI=1S/C24H17Cl3N2O4/c1-32-21-10-13(8-16-15-4-2-3-5-20(15)29-24(16)31)9-19(27)23(21)33-12-22(30)28-14-6-7-17(25)18(26)11-14/h2-11H,12H2,1H3,(H,28,30)(H,29,31)/b16-8-. The molecule has 6 nitrogen and oxygen atoms in total. The highest BCUT2D eigenvalue weighted by Crippen LogP contribution is 2.39. The fourth-order valence-corrected chi connectivity index (χ4v) is 3.89. The van der Waals surface area contributed by atoms with Gasteiger partial charge in [-0.3, -0.25) is 9.59 Å². The van der Waals surface area contributed by atoms with E-state index in [0.717, 1.165) is 11.3 Å². The van der Waals surface area contributed by atoms with Gasteiger partial charge < -0.3 is 20.1 Å². The van der Waals surface area contributed by atoms with Crippen molar-refractivity contribution in [2.75, 3.05) is 24.4 Å². The Morgan fingerprint density at radius 3 is 2.58 bits per heavy atom. The van der Waals surface area contributed by atoms with Crippen LogP contribution in [0.1, 0.15) is 11.1 Å². The Morgan fingerprint density at radius 1 is 1.03 bits per heavy atom. The molecule has 1 heterocycles. The quantitative estimate of drug-likeness (QED) is 0.395. The lowest BCUT2D eigenvalue weighted by molar-refractivity contribution is -0.118. The lowest BCUT2D eigenvalue weighted by Gasteiger charge is -2.14. The molecule has 9 heteroatoms. The van der Waals surface area contributed by atoms with Gasteiger partial charge >= 0.3 is 0 Å². The minimum atomic E-state index is -0.420. The van der Waals surface area contributed by atoms with Crippen LogP contribution in [0.25, 0.3) is 11.6 Å². The molecule has 3 aromatic rings. The fraction of sp³-hybridized carbons (Fsp3) is 0.0833. The molecular weight excluding hydrogens is 487 g/mol. The molecule has 0 spiro atoms. The lowest BCUT2D eigenvalue weighted by atomic mass is 10.0. The second-order valence-electron chi connectivity index (χ2n) is 7.06. The van der Waals surface area contributed by atoms with Crippen molar-refractivity contribution in [3.63, 3.8) is 0 Å². The fourth-order valence-electron chi connectivity index (χ4n) is 3.32. The van der Waals surface area contributed by atoms with E-state index >= 15 is 0 Å². The van der Waals surface area contributed by atoms with Crippen molar-refractivity contribution in [1.29, 1.82) is 0 Å². The Bertz CT molecular complexity index is 1290. The van der Waals surface area contributed by atoms with Gasteiger partial charge in [-0.2, -0.15) is 0 Å². The van der Waals surface area contributed by atoms with Gasteiger partial charge in [0.1, 0.15) is 0 Å². The molecule has 0 saturated heterocycles. The summed E-state index contributed by atoms with van der Waals surface area (Å²) in [6.07, 6.45) is 1.72. The van der Waals surface area contributed by atoms with Crippen molar-refractivity contribution in [3.05, 3.63) is 80.8 Å². The molecule has 2 N–H and O–H groups in total. The van der Waals surface area contributed by atoms with E-state index in [2.05, 4.69) is 10.6 Å². The minimum absolute atomic E-state index is 0.203. The van der Waals surface area contributed by atoms with Gasteiger partial charge in [0, 0.05) is 22.5 Å². The largest absolute Gasteiger partial charge is 0.493 e. The first-order chi connectivity index (χ1) is 15.9. The molecule has 1 aliphatic heterocycles. The van der Waals surface area contributed by atoms with Crippen molar-refractivity contribution in [2.45, 2.75) is 0 Å². The number of anilines is 2. The van der Waals surface area contributed by atoms with Crippen molar-refractivity contribution < 1.29 is 19.1 Å². The van der Waals surface area contributed by atoms with Crippen LogP contribution in [0.2, 0.25) is 15.1 Å². The molecule has 168 valence electrons. The Kier molecular flexibility index (Phi) is 6.79. The Morgan fingerprint density at radius 2 is 1.82 bits per heavy atom. The number of benzene rings is 3. The van der Waals surface area contributed by atoms with Gasteiger partial charge in [0.2, 0.25) is 0 Å². The molecule has 0 radical (unpaired) electrons. The molecule has 0 aromatic heterocycles. The molecule has 0 unspecified atom stereocenters. The summed E-state index contributed by atoms with van der Waals surface area (Å²) in [5.74, 6) is -0.0900. The molecule has 0 bridgehead atoms. The summed E-state index contributed by atoms with van der Waals surface area (Å²) in [5, 5.41) is 6.43. The molecule has 0 atom stereocenters. The number of hydrogen-bond donors (Lipinski definition) is 2. The molecular formula is C24H17Cl3N2O4. The number of para-hydroxylation sites is 1. The van der Waals surface area contributed by atoms with E-state index < -0.39 is 5.91 Å². The van der Waals surface area contributed by atoms with Crippen LogP contribution in [0.15, 0.2) is 54.6 Å². The Labute approximate surface area is 205 Å². The highest BCUT2D eigenvalue weighted by molar-refractivity contribution is 6.42. The predicted octanol–water partition coefficient (Wildman–Crippen LogP) is 6.17. The molecule has 2 amide bonds. The third-order valence-corrected chi connectivity index (χ3v) is 5.84. The number of methoxy groups -OCH3 is 1. The van der Waals surface area contributed by atoms with Gasteiger partial charge in [-0.25, -0.2) is 0 Å². The first-order valence-corrected chi connectivity index (χ1v) is 10.9. The monoisotopic (exact) mass is 502 g/mol. The van der Waals surface area contributed by atoms with Crippen LogP contribution in [-0.2, 0) is 9.59 Å². The predicted molar refractivity (Wildman–Crippen MR) is 132 cm³/mol. The molecule has 0 fully saturated rings. The van der Waals surface area contributed by atoms with E-state index in [-0.39, 0.29) is 23.3 Å². The van der Waals surface area contributed by atoms with Gasteiger partial charge in [0.15, 0.2) is 18.1 Å². The maximum Gasteiger partial charge on any atom is 0.262 e. The molecule has 33 heavy (non-hydrogen) atoms. The number of carbonyl (C=O) groups excluding carboxylic acids is 2. The summed E-state index contributed by atoms with van der Waals surface area (Å²) in [6, 6.07) is 15.5. The average Bonchev–Trinajstić information content (AvgIpc) is 3.10. The van der Waals surface area contributed by atoms with Crippen LogP contribution in [0.4, 0.5) is 11.4 Å². The van der Waals surface area contributed by atoms with Gasteiger partial charge in [0.25, 0.3) is 11.8 Å². The van der Waals surface area contributed by atoms with E-state index in [1.807, 2.05) is 24.3 Å². The van der Waals surface area contributed by atoms with Crippen LogP contribution < -0.4 is 20.1 Å². The first kappa shape index (κ1) is 23.0. The van der Waals surface area contributed by atoms with Crippen LogP contribution in [0.5, 0.6) is 11.5 Å². The van der Waals surface area contributed by atoms with E-state index in [9.17, 15) is 9.59 Å². The second-order valence-corrected chi connectivity index (χ2v) is 8.28. The number of ether oxygens (including phenoxy) is 2. The lowest BCUT2D eigenvalue weighted by Crippen LogP contribution is -2.20. The number of carbonyl (C=O) groups is 2. The topological polar surface area (TPSA) is 76.7 Å². The normalized spacial score (nSPS) is 13.5. The van der Waals surface area contributed by atoms with Crippen LogP contribution in [0, 0.1) is 0 Å². The number of halogens is 3. The molecule has 4 rings (SSSR count). The van der Waals surface area contributed by atoms with Crippen LogP contribution >= 0.6 is 34.8 Å². The van der Waals surface area contributed by atoms with Gasteiger partial charge in [0.05, 0.1) is 22.2 Å². The zero-order valence-corrected chi connectivity index (χ0v) is 19.5. The molecule has 0 saturated carbocycles. The smallest absolute Gasteiger partial charge is 0.262 e. The van der Waals surface area contributed by atoms with E-state index in [1.54, 1.807) is 30.3 Å². The van der Waals surface area contributed by atoms with E-state index in [1.165, 1.54) is 13.2 Å². The summed E-state index contributed by atoms with van der Waals surface area (Å²) in [4.78, 5) is 24.7. The molecule has 0 aliphatic carbocycles. The van der Waals surface area contributed by atoms with Crippen LogP contribution in [-0.4, -0.2) is 25.5 Å². The minimum Gasteiger partial charge on any atom is -0.493 e. The van der Waals surface area contributed by atoms with Crippen molar-refractivity contribution >= 4 is 69.6 Å². The summed E-state index contributed by atoms with van der Waals surface area (Å²) in [5.41, 5.74) is 3.19. The highest BCUT2D eigenvalue weighted by Gasteiger charge is 2.24. The Balaban J connectivity index is 1.52. The molecule has 3 aromatic carbocycles. The number of fused-ring (bicyclic) bond motifs is 1. The zero-order valence-electron chi connectivity index (χ0n) is 17.2. The summed E-state index contributed by atoms with van der Waals surface area (Å²) in [7, 11) is 1.46. The van der Waals surface area contributed by atoms with Crippen LogP contribution in [0.3, 0.4) is 0 Å². The number of nitrogens with one attached hydrogen (secondary N) is 2.